The molecule has 0 bridgehead atoms. The van der Waals surface area contributed by atoms with Crippen molar-refractivity contribution in [3.05, 3.63) is 52.5 Å². The van der Waals surface area contributed by atoms with Crippen molar-refractivity contribution in [3.63, 3.8) is 0 Å². The second kappa shape index (κ2) is 7.71. The molecule has 0 aliphatic carbocycles. The lowest BCUT2D eigenvalue weighted by Crippen LogP contribution is -2.49. The molecule has 1 aromatic heterocycles. The Balaban J connectivity index is 2.36. The molecule has 0 fully saturated rings. The lowest BCUT2D eigenvalue weighted by Gasteiger charge is -2.40. The van der Waals surface area contributed by atoms with Gasteiger partial charge in [-0.2, -0.15) is 0 Å². The van der Waals surface area contributed by atoms with Crippen LogP contribution in [0, 0.1) is 0 Å². The summed E-state index contributed by atoms with van der Waals surface area (Å²) in [5.74, 6) is 0. The van der Waals surface area contributed by atoms with E-state index in [1.54, 1.807) is 11.3 Å². The van der Waals surface area contributed by atoms with Gasteiger partial charge >= 0.3 is 0 Å². The van der Waals surface area contributed by atoms with E-state index in [-0.39, 0.29) is 5.41 Å². The van der Waals surface area contributed by atoms with E-state index in [0.717, 1.165) is 25.8 Å². The molecule has 0 radical (unpaired) electrons. The van der Waals surface area contributed by atoms with E-state index >= 15 is 0 Å². The molecule has 1 heterocycles. The van der Waals surface area contributed by atoms with Crippen LogP contribution < -0.4 is 5.32 Å². The first-order valence-electron chi connectivity index (χ1n) is 7.94. The first-order chi connectivity index (χ1) is 10.3. The molecule has 1 atom stereocenters. The Hall–Kier alpha value is -1.19. The van der Waals surface area contributed by atoms with Crippen LogP contribution in [0.15, 0.2) is 41.9 Å². The molecule has 3 heteroatoms. The highest BCUT2D eigenvalue weighted by Gasteiger charge is 2.37. The topological polar surface area (TPSA) is 24.9 Å². The monoisotopic (exact) mass is 302 g/mol. The van der Waals surface area contributed by atoms with Crippen molar-refractivity contribution in [1.82, 2.24) is 10.3 Å². The van der Waals surface area contributed by atoms with Crippen molar-refractivity contribution in [2.24, 2.45) is 0 Å². The average Bonchev–Trinajstić information content (AvgIpc) is 3.03. The first-order valence-corrected chi connectivity index (χ1v) is 8.82. The van der Waals surface area contributed by atoms with Crippen LogP contribution in [-0.4, -0.2) is 17.6 Å². The number of nitrogens with zero attached hydrogens (tertiary/aromatic N) is 1. The maximum Gasteiger partial charge on any atom is 0.0940 e. The highest BCUT2D eigenvalue weighted by molar-refractivity contribution is 7.09. The van der Waals surface area contributed by atoms with Crippen LogP contribution >= 0.6 is 11.3 Å². The summed E-state index contributed by atoms with van der Waals surface area (Å²) in [5.41, 5.74) is 1.61. The predicted octanol–water partition coefficient (Wildman–Crippen LogP) is 4.42. The minimum absolute atomic E-state index is 0.170. The number of rotatable bonds is 8. The van der Waals surface area contributed by atoms with Crippen LogP contribution in [0.25, 0.3) is 0 Å². The largest absolute Gasteiger partial charge is 0.313 e. The molecule has 0 aliphatic heterocycles. The van der Waals surface area contributed by atoms with Gasteiger partial charge in [-0.1, -0.05) is 51.1 Å². The highest BCUT2D eigenvalue weighted by atomic mass is 32.1. The fraction of sp³-hybridized carbons (Fsp3) is 0.500. The van der Waals surface area contributed by atoms with E-state index in [1.165, 1.54) is 10.6 Å². The second-order valence-electron chi connectivity index (χ2n) is 5.47. The minimum Gasteiger partial charge on any atom is -0.313 e. The van der Waals surface area contributed by atoms with Crippen molar-refractivity contribution in [3.8, 4) is 0 Å². The predicted molar refractivity (Wildman–Crippen MR) is 92.0 cm³/mol. The summed E-state index contributed by atoms with van der Waals surface area (Å²) in [6.45, 7) is 7.80. The SMILES string of the molecule is CCNC(Cc1nccs1)C(CC)(CC)c1ccccc1. The normalized spacial score (nSPS) is 13.3. The number of benzene rings is 1. The van der Waals surface area contributed by atoms with Crippen LogP contribution in [0.4, 0.5) is 0 Å². The number of likely N-dealkylation sites (N-methyl/N-ethyl adjacent to an activating group) is 1. The van der Waals surface area contributed by atoms with Crippen LogP contribution in [0.3, 0.4) is 0 Å². The molecule has 21 heavy (non-hydrogen) atoms. The summed E-state index contributed by atoms with van der Waals surface area (Å²) in [6, 6.07) is 11.4. The van der Waals surface area contributed by atoms with E-state index in [1.807, 2.05) is 6.20 Å². The summed E-state index contributed by atoms with van der Waals surface area (Å²) in [5, 5.41) is 7.02. The summed E-state index contributed by atoms with van der Waals surface area (Å²) in [4.78, 5) is 4.49. The zero-order chi connectivity index (χ0) is 15.1. The van der Waals surface area contributed by atoms with Gasteiger partial charge in [-0.3, -0.25) is 0 Å². The van der Waals surface area contributed by atoms with Crippen molar-refractivity contribution < 1.29 is 0 Å². The molecule has 2 nitrogen and oxygen atoms in total. The van der Waals surface area contributed by atoms with Crippen LogP contribution in [0.2, 0.25) is 0 Å². The van der Waals surface area contributed by atoms with Gasteiger partial charge in [0.2, 0.25) is 0 Å². The maximum absolute atomic E-state index is 4.49. The quantitative estimate of drug-likeness (QED) is 0.780. The standard InChI is InChI=1S/C18H26N2S/c1-4-18(5-2,15-10-8-7-9-11-15)16(19-6-3)14-17-20-12-13-21-17/h7-13,16,19H,4-6,14H2,1-3H3. The molecule has 0 aliphatic rings. The lowest BCUT2D eigenvalue weighted by molar-refractivity contribution is 0.271. The van der Waals surface area contributed by atoms with Crippen molar-refractivity contribution >= 4 is 11.3 Å². The summed E-state index contributed by atoms with van der Waals surface area (Å²) in [6.07, 6.45) is 5.18. The average molecular weight is 302 g/mol. The van der Waals surface area contributed by atoms with Gasteiger partial charge in [-0.05, 0) is 24.9 Å². The summed E-state index contributed by atoms with van der Waals surface area (Å²) < 4.78 is 0. The molecule has 0 saturated carbocycles. The number of nitrogens with one attached hydrogen (secondary N) is 1. The summed E-state index contributed by atoms with van der Waals surface area (Å²) in [7, 11) is 0. The molecule has 1 N–H and O–H groups in total. The fourth-order valence-electron chi connectivity index (χ4n) is 3.36. The first kappa shape index (κ1) is 16.2. The van der Waals surface area contributed by atoms with E-state index in [4.69, 9.17) is 0 Å². The van der Waals surface area contributed by atoms with Crippen molar-refractivity contribution in [1.29, 1.82) is 0 Å². The smallest absolute Gasteiger partial charge is 0.0940 e. The molecular formula is C18H26N2S. The summed E-state index contributed by atoms with van der Waals surface area (Å²) >= 11 is 1.76. The number of thiazole rings is 1. The van der Waals surface area contributed by atoms with Gasteiger partial charge < -0.3 is 5.32 Å². The van der Waals surface area contributed by atoms with E-state index < -0.39 is 0 Å². The Bertz CT molecular complexity index is 503. The third-order valence-electron chi connectivity index (χ3n) is 4.59. The Labute approximate surface area is 132 Å². The van der Waals surface area contributed by atoms with Gasteiger partial charge in [0.1, 0.15) is 0 Å². The Morgan fingerprint density at radius 1 is 1.14 bits per heavy atom. The van der Waals surface area contributed by atoms with E-state index in [0.29, 0.717) is 6.04 Å². The maximum atomic E-state index is 4.49. The van der Waals surface area contributed by atoms with Gasteiger partial charge in [0.05, 0.1) is 5.01 Å². The third kappa shape index (κ3) is 3.53. The molecule has 1 unspecified atom stereocenters. The Morgan fingerprint density at radius 3 is 2.38 bits per heavy atom. The number of hydrogen-bond donors (Lipinski definition) is 1. The molecule has 2 rings (SSSR count). The van der Waals surface area contributed by atoms with E-state index in [2.05, 4.69) is 66.8 Å². The molecule has 0 saturated heterocycles. The molecular weight excluding hydrogens is 276 g/mol. The molecule has 114 valence electrons. The van der Waals surface area contributed by atoms with Crippen LogP contribution in [0.5, 0.6) is 0 Å². The number of aromatic nitrogens is 1. The molecule has 2 aromatic rings. The zero-order valence-electron chi connectivity index (χ0n) is 13.3. The Kier molecular flexibility index (Phi) is 5.95. The van der Waals surface area contributed by atoms with Gasteiger partial charge in [0, 0.05) is 29.5 Å². The molecule has 1 aromatic carbocycles. The Morgan fingerprint density at radius 2 is 1.86 bits per heavy atom. The minimum atomic E-state index is 0.170. The second-order valence-corrected chi connectivity index (χ2v) is 6.45. The zero-order valence-corrected chi connectivity index (χ0v) is 14.1. The van der Waals surface area contributed by atoms with Gasteiger partial charge in [0.25, 0.3) is 0 Å². The van der Waals surface area contributed by atoms with Crippen molar-refractivity contribution in [2.45, 2.75) is 51.5 Å². The fourth-order valence-corrected chi connectivity index (χ4v) is 4.02. The molecule has 0 amide bonds. The van der Waals surface area contributed by atoms with Crippen LogP contribution in [-0.2, 0) is 11.8 Å². The van der Waals surface area contributed by atoms with Gasteiger partial charge in [-0.25, -0.2) is 4.98 Å². The lowest BCUT2D eigenvalue weighted by atomic mass is 9.69. The number of hydrogen-bond acceptors (Lipinski definition) is 3. The van der Waals surface area contributed by atoms with Crippen molar-refractivity contribution in [2.75, 3.05) is 6.54 Å². The highest BCUT2D eigenvalue weighted by Crippen LogP contribution is 2.36. The third-order valence-corrected chi connectivity index (χ3v) is 5.39. The van der Waals surface area contributed by atoms with Gasteiger partial charge in [-0.15, -0.1) is 11.3 Å². The molecule has 0 spiro atoms. The van der Waals surface area contributed by atoms with Crippen LogP contribution in [0.1, 0.15) is 44.2 Å². The van der Waals surface area contributed by atoms with Gasteiger partial charge in [0.15, 0.2) is 0 Å². The van der Waals surface area contributed by atoms with E-state index in [9.17, 15) is 0 Å².